The summed E-state index contributed by atoms with van der Waals surface area (Å²) in [5.41, 5.74) is 5.35. The smallest absolute Gasteiger partial charge is 0.222 e. The second kappa shape index (κ2) is 3.72. The van der Waals surface area contributed by atoms with Gasteiger partial charge in [-0.2, -0.15) is 0 Å². The number of rotatable bonds is 3. The van der Waals surface area contributed by atoms with Gasteiger partial charge in [0.15, 0.2) is 0 Å². The van der Waals surface area contributed by atoms with E-state index in [9.17, 15) is 0 Å². The molecule has 0 aliphatic heterocycles. The van der Waals surface area contributed by atoms with Gasteiger partial charge in [-0.1, -0.05) is 0 Å². The third-order valence-electron chi connectivity index (χ3n) is 1.70. The molecule has 68 valence electrons. The molecular weight excluding hydrogens is 184 g/mol. The summed E-state index contributed by atoms with van der Waals surface area (Å²) in [7, 11) is 0. The van der Waals surface area contributed by atoms with Crippen molar-refractivity contribution >= 4 is 21.4 Å². The third-order valence-corrected chi connectivity index (χ3v) is 2.58. The quantitative estimate of drug-likeness (QED) is 0.808. The van der Waals surface area contributed by atoms with Crippen LogP contribution in [0.25, 0.3) is 10.1 Å². The molecule has 2 aromatic rings. The van der Waals surface area contributed by atoms with Crippen LogP contribution in [0.3, 0.4) is 0 Å². The van der Waals surface area contributed by atoms with Gasteiger partial charge < -0.3 is 10.5 Å². The van der Waals surface area contributed by atoms with Crippen LogP contribution in [0.5, 0.6) is 5.88 Å². The molecule has 0 spiro atoms. The van der Waals surface area contributed by atoms with Gasteiger partial charge in [0.1, 0.15) is 6.61 Å². The van der Waals surface area contributed by atoms with Crippen LogP contribution < -0.4 is 10.5 Å². The molecule has 0 amide bonds. The highest BCUT2D eigenvalue weighted by atomic mass is 32.1. The van der Waals surface area contributed by atoms with Crippen LogP contribution in [-0.2, 0) is 0 Å². The van der Waals surface area contributed by atoms with Crippen LogP contribution in [0.1, 0.15) is 0 Å². The summed E-state index contributed by atoms with van der Waals surface area (Å²) in [6.45, 7) is 1.03. The highest BCUT2D eigenvalue weighted by Gasteiger charge is 2.02. The molecule has 0 unspecified atom stereocenters. The molecule has 0 saturated carbocycles. The Kier molecular flexibility index (Phi) is 2.42. The fourth-order valence-corrected chi connectivity index (χ4v) is 1.91. The molecule has 0 radical (unpaired) electrons. The van der Waals surface area contributed by atoms with Crippen molar-refractivity contribution in [3.63, 3.8) is 0 Å². The molecule has 2 heterocycles. The van der Waals surface area contributed by atoms with E-state index in [0.29, 0.717) is 19.0 Å². The lowest BCUT2D eigenvalue weighted by Gasteiger charge is -2.03. The van der Waals surface area contributed by atoms with Gasteiger partial charge in [0.05, 0.1) is 5.39 Å². The molecule has 13 heavy (non-hydrogen) atoms. The Morgan fingerprint density at radius 1 is 1.46 bits per heavy atom. The van der Waals surface area contributed by atoms with Crippen molar-refractivity contribution in [1.82, 2.24) is 4.98 Å². The number of nitrogens with two attached hydrogens (primary N) is 1. The molecule has 4 heteroatoms. The number of hydrogen-bond acceptors (Lipinski definition) is 4. The Labute approximate surface area is 80.2 Å². The Morgan fingerprint density at radius 3 is 3.23 bits per heavy atom. The van der Waals surface area contributed by atoms with E-state index in [-0.39, 0.29) is 0 Å². The maximum absolute atomic E-state index is 5.40. The Hall–Kier alpha value is -1.13. The Balaban J connectivity index is 2.37. The van der Waals surface area contributed by atoms with Gasteiger partial charge in [-0.15, -0.1) is 11.3 Å². The van der Waals surface area contributed by atoms with Crippen molar-refractivity contribution in [2.75, 3.05) is 13.2 Å². The lowest BCUT2D eigenvalue weighted by Crippen LogP contribution is -2.11. The topological polar surface area (TPSA) is 48.1 Å². The van der Waals surface area contributed by atoms with E-state index < -0.39 is 0 Å². The van der Waals surface area contributed by atoms with Gasteiger partial charge in [0.2, 0.25) is 5.88 Å². The van der Waals surface area contributed by atoms with Gasteiger partial charge >= 0.3 is 0 Å². The standard InChI is InChI=1S/C9H10N2OS/c10-3-5-12-9-7-2-6-13-8(7)1-4-11-9/h1-2,4,6H,3,5,10H2. The van der Waals surface area contributed by atoms with E-state index in [4.69, 9.17) is 10.5 Å². The average Bonchev–Trinajstić information content (AvgIpc) is 2.62. The predicted octanol–water partition coefficient (Wildman–Crippen LogP) is 1.63. The molecule has 0 aliphatic rings. The first-order chi connectivity index (χ1) is 6.42. The normalized spacial score (nSPS) is 10.5. The number of nitrogens with zero attached hydrogens (tertiary/aromatic N) is 1. The first kappa shape index (κ1) is 8.47. The number of ether oxygens (including phenoxy) is 1. The fraction of sp³-hybridized carbons (Fsp3) is 0.222. The zero-order chi connectivity index (χ0) is 9.10. The van der Waals surface area contributed by atoms with Crippen molar-refractivity contribution in [3.05, 3.63) is 23.7 Å². The zero-order valence-electron chi connectivity index (χ0n) is 7.06. The number of thiophene rings is 1. The van der Waals surface area contributed by atoms with Crippen LogP contribution in [0.15, 0.2) is 23.7 Å². The summed E-state index contributed by atoms with van der Waals surface area (Å²) in [6.07, 6.45) is 1.75. The highest BCUT2D eigenvalue weighted by Crippen LogP contribution is 2.26. The van der Waals surface area contributed by atoms with Gasteiger partial charge in [-0.05, 0) is 17.5 Å². The summed E-state index contributed by atoms with van der Waals surface area (Å²) in [5, 5.41) is 3.10. The maximum Gasteiger partial charge on any atom is 0.222 e. The van der Waals surface area contributed by atoms with Gasteiger partial charge in [0.25, 0.3) is 0 Å². The number of aromatic nitrogens is 1. The molecule has 2 N–H and O–H groups in total. The SMILES string of the molecule is NCCOc1nccc2sccc12. The molecule has 2 rings (SSSR count). The molecule has 3 nitrogen and oxygen atoms in total. The first-order valence-corrected chi connectivity index (χ1v) is 4.95. The summed E-state index contributed by atoms with van der Waals surface area (Å²) < 4.78 is 6.59. The van der Waals surface area contributed by atoms with E-state index >= 15 is 0 Å². The molecule has 0 bridgehead atoms. The second-order valence-corrected chi connectivity index (χ2v) is 3.53. The lowest BCUT2D eigenvalue weighted by atomic mass is 10.3. The Bertz CT molecular complexity index is 399. The van der Waals surface area contributed by atoms with E-state index in [0.717, 1.165) is 5.39 Å². The van der Waals surface area contributed by atoms with Crippen LogP contribution in [0.2, 0.25) is 0 Å². The second-order valence-electron chi connectivity index (χ2n) is 2.59. The van der Waals surface area contributed by atoms with Gasteiger partial charge in [-0.25, -0.2) is 4.98 Å². The first-order valence-electron chi connectivity index (χ1n) is 4.07. The molecule has 2 aromatic heterocycles. The summed E-state index contributed by atoms with van der Waals surface area (Å²) >= 11 is 1.68. The van der Waals surface area contributed by atoms with Crippen LogP contribution >= 0.6 is 11.3 Å². The molecule has 0 atom stereocenters. The molecule has 0 aliphatic carbocycles. The van der Waals surface area contributed by atoms with Crippen molar-refractivity contribution in [2.24, 2.45) is 5.73 Å². The van der Waals surface area contributed by atoms with Crippen molar-refractivity contribution in [2.45, 2.75) is 0 Å². The average molecular weight is 194 g/mol. The maximum atomic E-state index is 5.40. The molecule has 0 aromatic carbocycles. The van der Waals surface area contributed by atoms with Crippen LogP contribution in [0, 0.1) is 0 Å². The van der Waals surface area contributed by atoms with Crippen molar-refractivity contribution in [1.29, 1.82) is 0 Å². The fourth-order valence-electron chi connectivity index (χ4n) is 1.14. The number of hydrogen-bond donors (Lipinski definition) is 1. The van der Waals surface area contributed by atoms with Crippen LogP contribution in [-0.4, -0.2) is 18.1 Å². The third kappa shape index (κ3) is 1.64. The summed E-state index contributed by atoms with van der Waals surface area (Å²) in [4.78, 5) is 4.15. The minimum Gasteiger partial charge on any atom is -0.476 e. The van der Waals surface area contributed by atoms with Gasteiger partial charge in [-0.3, -0.25) is 0 Å². The molecule has 0 saturated heterocycles. The van der Waals surface area contributed by atoms with Gasteiger partial charge in [0, 0.05) is 17.4 Å². The molecular formula is C9H10N2OS. The lowest BCUT2D eigenvalue weighted by molar-refractivity contribution is 0.320. The summed E-state index contributed by atoms with van der Waals surface area (Å²) in [5.74, 6) is 0.684. The van der Waals surface area contributed by atoms with E-state index in [2.05, 4.69) is 4.98 Å². The number of fused-ring (bicyclic) bond motifs is 1. The van der Waals surface area contributed by atoms with Crippen LogP contribution in [0.4, 0.5) is 0 Å². The van der Waals surface area contributed by atoms with E-state index in [1.807, 2.05) is 17.5 Å². The predicted molar refractivity (Wildman–Crippen MR) is 54.2 cm³/mol. The summed E-state index contributed by atoms with van der Waals surface area (Å²) in [6, 6.07) is 3.99. The minimum absolute atomic E-state index is 0.516. The monoisotopic (exact) mass is 194 g/mol. The largest absolute Gasteiger partial charge is 0.476 e. The number of pyridine rings is 1. The molecule has 0 fully saturated rings. The van der Waals surface area contributed by atoms with Crippen molar-refractivity contribution in [3.8, 4) is 5.88 Å². The van der Waals surface area contributed by atoms with E-state index in [1.54, 1.807) is 17.5 Å². The van der Waals surface area contributed by atoms with E-state index in [1.165, 1.54) is 4.70 Å². The Morgan fingerprint density at radius 2 is 2.38 bits per heavy atom. The minimum atomic E-state index is 0.516. The zero-order valence-corrected chi connectivity index (χ0v) is 7.88. The highest BCUT2D eigenvalue weighted by molar-refractivity contribution is 7.17. The van der Waals surface area contributed by atoms with Crippen molar-refractivity contribution < 1.29 is 4.74 Å².